The lowest BCUT2D eigenvalue weighted by Gasteiger charge is -2.05. The molecule has 0 saturated heterocycles. The van der Waals surface area contributed by atoms with Crippen LogP contribution in [0.5, 0.6) is 5.75 Å². The zero-order valence-corrected chi connectivity index (χ0v) is 28.2. The van der Waals surface area contributed by atoms with Crippen molar-refractivity contribution in [2.75, 3.05) is 0 Å². The Balaban J connectivity index is 0. The van der Waals surface area contributed by atoms with Crippen LogP contribution in [0.2, 0.25) is 0 Å². The molecule has 41 heavy (non-hydrogen) atoms. The van der Waals surface area contributed by atoms with E-state index in [0.29, 0.717) is 11.3 Å². The Morgan fingerprint density at radius 2 is 0.878 bits per heavy atom. The first kappa shape index (κ1) is 39.6. The van der Waals surface area contributed by atoms with Gasteiger partial charge < -0.3 is 4.74 Å². The van der Waals surface area contributed by atoms with Crippen LogP contribution in [0.3, 0.4) is 0 Å². The van der Waals surface area contributed by atoms with E-state index in [-0.39, 0.29) is 5.97 Å². The number of esters is 1. The Kier molecular flexibility index (Phi) is 23.5. The fourth-order valence-electron chi connectivity index (χ4n) is 3.21. The molecule has 0 spiro atoms. The summed E-state index contributed by atoms with van der Waals surface area (Å²) < 4.78 is 17.6. The van der Waals surface area contributed by atoms with Gasteiger partial charge in [0.2, 0.25) is 0 Å². The van der Waals surface area contributed by atoms with Crippen molar-refractivity contribution in [1.29, 1.82) is 0 Å². The van der Waals surface area contributed by atoms with Gasteiger partial charge in [0.25, 0.3) is 0 Å². The maximum absolute atomic E-state index is 12.3. The van der Waals surface area contributed by atoms with Crippen LogP contribution in [-0.2, 0) is 10.8 Å². The van der Waals surface area contributed by atoms with Crippen LogP contribution in [0.1, 0.15) is 88.0 Å². The Labute approximate surface area is 253 Å². The Morgan fingerprint density at radius 1 is 0.512 bits per heavy atom. The normalized spacial score (nSPS) is 8.90. The SMILES string of the molecule is CC.CC.CC.CC.Cc1cccc(OC(=O)c2cccc(C)c2)c1.Cc1cccc(S(=O)c2cccc(C)c2)c1. The molecule has 224 valence electrons. The van der Waals surface area contributed by atoms with Gasteiger partial charge in [-0.25, -0.2) is 9.00 Å². The smallest absolute Gasteiger partial charge is 0.343 e. The largest absolute Gasteiger partial charge is 0.423 e. The average molecular weight is 577 g/mol. The van der Waals surface area contributed by atoms with Gasteiger partial charge in [-0.15, -0.1) is 0 Å². The number of hydrogen-bond acceptors (Lipinski definition) is 3. The van der Waals surface area contributed by atoms with Gasteiger partial charge in [-0.3, -0.25) is 0 Å². The molecule has 0 bridgehead atoms. The molecule has 0 aliphatic heterocycles. The average Bonchev–Trinajstić information content (AvgIpc) is 3.01. The summed E-state index contributed by atoms with van der Waals surface area (Å²) in [5, 5.41) is 0. The minimum atomic E-state index is -1.07. The first-order chi connectivity index (χ1) is 19.8. The summed E-state index contributed by atoms with van der Waals surface area (Å²) >= 11 is 0. The monoisotopic (exact) mass is 576 g/mol. The summed E-state index contributed by atoms with van der Waals surface area (Å²) in [5.74, 6) is 0.260. The van der Waals surface area contributed by atoms with E-state index in [1.54, 1.807) is 12.1 Å². The summed E-state index contributed by atoms with van der Waals surface area (Å²) in [6, 6.07) is 30.5. The van der Waals surface area contributed by atoms with Crippen molar-refractivity contribution in [3.63, 3.8) is 0 Å². The number of benzene rings is 4. The molecule has 0 aliphatic carbocycles. The fourth-order valence-corrected chi connectivity index (χ4v) is 4.48. The van der Waals surface area contributed by atoms with E-state index >= 15 is 0 Å². The van der Waals surface area contributed by atoms with E-state index < -0.39 is 10.8 Å². The zero-order chi connectivity index (χ0) is 31.8. The Bertz CT molecular complexity index is 1230. The predicted octanol–water partition coefficient (Wildman–Crippen LogP) is 11.1. The molecule has 4 heteroatoms. The second kappa shape index (κ2) is 24.3. The van der Waals surface area contributed by atoms with Crippen molar-refractivity contribution in [1.82, 2.24) is 0 Å². The Morgan fingerprint density at radius 3 is 1.27 bits per heavy atom. The number of carbonyl (C=O) groups is 1. The number of ether oxygens (including phenoxy) is 1. The highest BCUT2D eigenvalue weighted by atomic mass is 32.2. The van der Waals surface area contributed by atoms with E-state index in [4.69, 9.17) is 4.74 Å². The second-order valence-electron chi connectivity index (χ2n) is 7.98. The molecule has 4 rings (SSSR count). The Hall–Kier alpha value is -3.50. The molecule has 0 unspecified atom stereocenters. The lowest BCUT2D eigenvalue weighted by Crippen LogP contribution is -2.08. The van der Waals surface area contributed by atoms with E-state index in [0.717, 1.165) is 32.0 Å². The highest BCUT2D eigenvalue weighted by Crippen LogP contribution is 2.18. The van der Waals surface area contributed by atoms with Crippen molar-refractivity contribution >= 4 is 16.8 Å². The van der Waals surface area contributed by atoms with Crippen LogP contribution in [0.25, 0.3) is 0 Å². The van der Waals surface area contributed by atoms with Crippen LogP contribution >= 0.6 is 0 Å². The van der Waals surface area contributed by atoms with E-state index in [1.165, 1.54) is 0 Å². The standard InChI is InChI=1S/C15H14O2.C14H14OS.4C2H6/c1-11-5-3-7-13(9-11)15(16)17-14-8-4-6-12(2)10-14;1-11-5-3-7-13(9-11)16(15)14-8-4-6-12(2)10-14;4*1-2/h3-10H,1-2H3;3-10H,1-2H3;4*1-2H3. The van der Waals surface area contributed by atoms with Gasteiger partial charge in [0.1, 0.15) is 5.75 Å². The number of rotatable bonds is 4. The van der Waals surface area contributed by atoms with Gasteiger partial charge in [-0.2, -0.15) is 0 Å². The van der Waals surface area contributed by atoms with Crippen LogP contribution in [-0.4, -0.2) is 10.2 Å². The third kappa shape index (κ3) is 15.8. The first-order valence-electron chi connectivity index (χ1n) is 14.7. The third-order valence-corrected chi connectivity index (χ3v) is 6.23. The maximum atomic E-state index is 12.3. The summed E-state index contributed by atoms with van der Waals surface area (Å²) in [4.78, 5) is 13.6. The van der Waals surface area contributed by atoms with Crippen molar-refractivity contribution in [3.8, 4) is 5.75 Å². The van der Waals surface area contributed by atoms with Crippen LogP contribution in [0.15, 0.2) is 107 Å². The van der Waals surface area contributed by atoms with Gasteiger partial charge in [0, 0.05) is 9.79 Å². The second-order valence-corrected chi connectivity index (χ2v) is 9.46. The van der Waals surface area contributed by atoms with Crippen molar-refractivity contribution in [2.45, 2.75) is 92.9 Å². The number of aryl methyl sites for hydroxylation is 4. The number of hydrogen-bond donors (Lipinski definition) is 0. The third-order valence-electron chi connectivity index (χ3n) is 4.86. The maximum Gasteiger partial charge on any atom is 0.343 e. The molecule has 0 amide bonds. The number of carbonyl (C=O) groups excluding carboxylic acids is 1. The lowest BCUT2D eigenvalue weighted by molar-refractivity contribution is 0.0734. The highest BCUT2D eigenvalue weighted by molar-refractivity contribution is 7.85. The summed E-state index contributed by atoms with van der Waals surface area (Å²) in [6.07, 6.45) is 0. The van der Waals surface area contributed by atoms with Crippen LogP contribution in [0.4, 0.5) is 0 Å². The van der Waals surface area contributed by atoms with Gasteiger partial charge in [-0.05, 0) is 92.9 Å². The molecular weight excluding hydrogens is 524 g/mol. The molecule has 0 radical (unpaired) electrons. The van der Waals surface area contributed by atoms with Crippen molar-refractivity contribution < 1.29 is 13.7 Å². The molecule has 0 saturated carbocycles. The predicted molar refractivity (Wildman–Crippen MR) is 180 cm³/mol. The van der Waals surface area contributed by atoms with Crippen molar-refractivity contribution in [3.05, 3.63) is 125 Å². The van der Waals surface area contributed by atoms with E-state index in [1.807, 2.05) is 168 Å². The summed E-state index contributed by atoms with van der Waals surface area (Å²) in [7, 11) is -1.07. The van der Waals surface area contributed by atoms with Gasteiger partial charge >= 0.3 is 5.97 Å². The quantitative estimate of drug-likeness (QED) is 0.179. The molecule has 0 fully saturated rings. The molecule has 0 aliphatic rings. The van der Waals surface area contributed by atoms with Gasteiger partial charge in [0.05, 0.1) is 16.4 Å². The fraction of sp³-hybridized carbons (Fsp3) is 0.324. The van der Waals surface area contributed by atoms with E-state index in [2.05, 4.69) is 0 Å². The van der Waals surface area contributed by atoms with Gasteiger partial charge in [-0.1, -0.05) is 109 Å². The van der Waals surface area contributed by atoms with E-state index in [9.17, 15) is 9.00 Å². The molecular formula is C37H52O3S. The molecule has 0 heterocycles. The molecule has 4 aromatic rings. The topological polar surface area (TPSA) is 43.4 Å². The minimum absolute atomic E-state index is 0.320. The first-order valence-corrected chi connectivity index (χ1v) is 15.9. The lowest BCUT2D eigenvalue weighted by atomic mass is 10.1. The zero-order valence-electron chi connectivity index (χ0n) is 27.4. The van der Waals surface area contributed by atoms with Crippen LogP contribution in [0, 0.1) is 27.7 Å². The summed E-state index contributed by atoms with van der Waals surface area (Å²) in [5.41, 5.74) is 4.96. The molecule has 0 atom stereocenters. The molecule has 4 aromatic carbocycles. The van der Waals surface area contributed by atoms with Gasteiger partial charge in [0.15, 0.2) is 0 Å². The molecule has 3 nitrogen and oxygen atoms in total. The minimum Gasteiger partial charge on any atom is -0.423 e. The molecule has 0 N–H and O–H groups in total. The highest BCUT2D eigenvalue weighted by Gasteiger charge is 2.08. The summed E-state index contributed by atoms with van der Waals surface area (Å²) in [6.45, 7) is 23.9. The van der Waals surface area contributed by atoms with Crippen molar-refractivity contribution in [2.24, 2.45) is 0 Å². The van der Waals surface area contributed by atoms with Crippen LogP contribution < -0.4 is 4.74 Å². The molecule has 0 aromatic heterocycles.